The molecule has 0 fully saturated rings. The van der Waals surface area contributed by atoms with E-state index in [1.807, 2.05) is 81.4 Å². The first-order chi connectivity index (χ1) is 11.4. The summed E-state index contributed by atoms with van der Waals surface area (Å²) in [7, 11) is -2.58. The lowest BCUT2D eigenvalue weighted by molar-refractivity contribution is 0.655. The number of halogens is 1. The average Bonchev–Trinajstić information content (AvgIpc) is 2.54. The van der Waals surface area contributed by atoms with E-state index in [0.29, 0.717) is 5.92 Å². The van der Waals surface area contributed by atoms with Crippen LogP contribution in [0.25, 0.3) is 0 Å². The second-order valence-electron chi connectivity index (χ2n) is 7.62. The molecule has 0 unspecified atom stereocenters. The zero-order chi connectivity index (χ0) is 20.5. The Morgan fingerprint density at radius 3 is 1.64 bits per heavy atom. The van der Waals surface area contributed by atoms with Crippen LogP contribution in [0.3, 0.4) is 0 Å². The van der Waals surface area contributed by atoms with E-state index in [1.165, 1.54) is 0 Å². The van der Waals surface area contributed by atoms with Gasteiger partial charge in [0.1, 0.15) is 0 Å². The van der Waals surface area contributed by atoms with Crippen molar-refractivity contribution in [1.82, 2.24) is 4.98 Å². The summed E-state index contributed by atoms with van der Waals surface area (Å²) in [6, 6.07) is 3.90. The maximum absolute atomic E-state index is 15.6. The molecule has 0 N–H and O–H groups in total. The molecule has 3 heteroatoms. The fraction of sp³-hybridized carbons (Fsp3) is 0.682. The number of pyridine rings is 1. The molecule has 0 spiro atoms. The van der Waals surface area contributed by atoms with Crippen molar-refractivity contribution >= 4 is 10.4 Å². The van der Waals surface area contributed by atoms with Crippen LogP contribution in [0.5, 0.6) is 0 Å². The van der Waals surface area contributed by atoms with Crippen LogP contribution in [0, 0.1) is 11.2 Å². The summed E-state index contributed by atoms with van der Waals surface area (Å²) in [6.45, 7) is 23.8. The van der Waals surface area contributed by atoms with Gasteiger partial charge in [-0.05, 0) is 75.3 Å². The molecule has 1 nitrogen and oxygen atoms in total. The Bertz CT molecular complexity index is 523. The maximum Gasteiger partial charge on any atom is 0.0438 e. The molecular formula is C22H40FNS. The average molecular weight is 370 g/mol. The molecule has 0 aliphatic carbocycles. The standard InChI is InChI=1S/C18H28FNS.2C2H6/c1-14(2)16-10-9-15(13-20-16)11-12-21(19,17(3,4)5)18(6,7)8;2*1-2/h9-10,13-14H,1-8H3;2*1-2H3. The van der Waals surface area contributed by atoms with E-state index in [0.717, 1.165) is 11.3 Å². The van der Waals surface area contributed by atoms with Crippen LogP contribution in [-0.2, 0) is 0 Å². The molecule has 0 atom stereocenters. The van der Waals surface area contributed by atoms with Crippen molar-refractivity contribution in [2.75, 3.05) is 0 Å². The normalized spacial score (nSPS) is 12.1. The Morgan fingerprint density at radius 2 is 1.36 bits per heavy atom. The van der Waals surface area contributed by atoms with Crippen LogP contribution in [0.15, 0.2) is 18.3 Å². The quantitative estimate of drug-likeness (QED) is 0.459. The number of aromatic nitrogens is 1. The van der Waals surface area contributed by atoms with Gasteiger partial charge in [0, 0.05) is 26.9 Å². The van der Waals surface area contributed by atoms with Gasteiger partial charge >= 0.3 is 0 Å². The van der Waals surface area contributed by atoms with Gasteiger partial charge in [-0.15, -0.1) is 0 Å². The summed E-state index contributed by atoms with van der Waals surface area (Å²) < 4.78 is 14.7. The highest BCUT2D eigenvalue weighted by molar-refractivity contribution is 8.35. The van der Waals surface area contributed by atoms with Gasteiger partial charge < -0.3 is 0 Å². The highest BCUT2D eigenvalue weighted by atomic mass is 32.3. The lowest BCUT2D eigenvalue weighted by atomic mass is 10.1. The molecule has 0 aliphatic rings. The third-order valence-corrected chi connectivity index (χ3v) is 7.16. The zero-order valence-corrected chi connectivity index (χ0v) is 19.4. The fourth-order valence-electron chi connectivity index (χ4n) is 2.17. The van der Waals surface area contributed by atoms with E-state index < -0.39 is 19.9 Å². The highest BCUT2D eigenvalue weighted by Gasteiger charge is 2.45. The van der Waals surface area contributed by atoms with E-state index in [4.69, 9.17) is 0 Å². The van der Waals surface area contributed by atoms with E-state index in [9.17, 15) is 0 Å². The zero-order valence-electron chi connectivity index (χ0n) is 18.5. The maximum atomic E-state index is 15.6. The summed E-state index contributed by atoms with van der Waals surface area (Å²) in [6.07, 6.45) is 1.74. The van der Waals surface area contributed by atoms with Gasteiger partial charge in [-0.3, -0.25) is 4.98 Å². The predicted molar refractivity (Wildman–Crippen MR) is 116 cm³/mol. The van der Waals surface area contributed by atoms with Crippen molar-refractivity contribution in [3.05, 3.63) is 29.6 Å². The largest absolute Gasteiger partial charge is 0.260 e. The summed E-state index contributed by atoms with van der Waals surface area (Å²) >= 11 is 0. The van der Waals surface area contributed by atoms with E-state index in [1.54, 1.807) is 6.20 Å². The van der Waals surface area contributed by atoms with Gasteiger partial charge in [-0.25, -0.2) is 0 Å². The van der Waals surface area contributed by atoms with Crippen LogP contribution < -0.4 is 0 Å². The first-order valence-electron chi connectivity index (χ1n) is 9.39. The van der Waals surface area contributed by atoms with Crippen LogP contribution in [-0.4, -0.2) is 14.5 Å². The molecule has 1 aromatic rings. The lowest BCUT2D eigenvalue weighted by Crippen LogP contribution is -2.34. The van der Waals surface area contributed by atoms with E-state index >= 15 is 3.89 Å². The smallest absolute Gasteiger partial charge is 0.0438 e. The fourth-order valence-corrected chi connectivity index (χ4v) is 4.88. The SMILES string of the molecule is CC.CC.CC(C)c1ccc(C#CS(F)(C(C)(C)C)C(C)(C)C)cn1. The van der Waals surface area contributed by atoms with Crippen molar-refractivity contribution in [1.29, 1.82) is 0 Å². The molecular weight excluding hydrogens is 329 g/mol. The lowest BCUT2D eigenvalue weighted by Gasteiger charge is -2.47. The second kappa shape index (κ2) is 10.9. The number of hydrogen-bond donors (Lipinski definition) is 0. The molecule has 146 valence electrons. The van der Waals surface area contributed by atoms with Crippen molar-refractivity contribution in [2.24, 2.45) is 0 Å². The van der Waals surface area contributed by atoms with Gasteiger partial charge in [0.15, 0.2) is 0 Å². The van der Waals surface area contributed by atoms with Gasteiger partial charge in [0.25, 0.3) is 0 Å². The Hall–Kier alpha value is -1.01. The predicted octanol–water partition coefficient (Wildman–Crippen LogP) is 7.85. The van der Waals surface area contributed by atoms with Crippen LogP contribution in [0.1, 0.15) is 100 Å². The van der Waals surface area contributed by atoms with Gasteiger partial charge in [-0.2, -0.15) is 3.89 Å². The van der Waals surface area contributed by atoms with E-state index in [-0.39, 0.29) is 0 Å². The molecule has 0 radical (unpaired) electrons. The van der Waals surface area contributed by atoms with Gasteiger partial charge in [0.2, 0.25) is 0 Å². The molecule has 0 saturated carbocycles. The Morgan fingerprint density at radius 1 is 0.920 bits per heavy atom. The summed E-state index contributed by atoms with van der Waals surface area (Å²) in [5.41, 5.74) is 1.81. The second-order valence-corrected chi connectivity index (χ2v) is 11.3. The minimum absolute atomic E-state index is 0.391. The number of nitrogens with zero attached hydrogens (tertiary/aromatic N) is 1. The molecule has 1 heterocycles. The molecule has 1 aromatic heterocycles. The minimum Gasteiger partial charge on any atom is -0.260 e. The van der Waals surface area contributed by atoms with Crippen molar-refractivity contribution < 1.29 is 3.89 Å². The Labute approximate surface area is 158 Å². The molecule has 0 saturated heterocycles. The van der Waals surface area contributed by atoms with Crippen LogP contribution in [0.4, 0.5) is 3.89 Å². The third-order valence-electron chi connectivity index (χ3n) is 3.40. The molecule has 0 bridgehead atoms. The van der Waals surface area contributed by atoms with E-state index in [2.05, 4.69) is 30.0 Å². The van der Waals surface area contributed by atoms with Gasteiger partial charge in [0.05, 0.1) is 0 Å². The number of rotatable bonds is 1. The first kappa shape index (κ1) is 26.2. The van der Waals surface area contributed by atoms with Crippen molar-refractivity contribution in [2.45, 2.75) is 98.5 Å². The topological polar surface area (TPSA) is 12.9 Å². The Balaban J connectivity index is 0. The van der Waals surface area contributed by atoms with Crippen LogP contribution in [0.2, 0.25) is 0 Å². The minimum atomic E-state index is -2.58. The third kappa shape index (κ3) is 7.40. The summed E-state index contributed by atoms with van der Waals surface area (Å²) in [5, 5.41) is 2.97. The first-order valence-corrected chi connectivity index (χ1v) is 10.9. The summed E-state index contributed by atoms with van der Waals surface area (Å²) in [4.78, 5) is 4.39. The monoisotopic (exact) mass is 369 g/mol. The molecule has 0 aromatic carbocycles. The van der Waals surface area contributed by atoms with Crippen LogP contribution >= 0.6 is 10.4 Å². The Kier molecular flexibility index (Phi) is 11.4. The van der Waals surface area contributed by atoms with Gasteiger partial charge in [-0.1, -0.05) is 47.5 Å². The number of hydrogen-bond acceptors (Lipinski definition) is 1. The molecule has 0 aliphatic heterocycles. The summed E-state index contributed by atoms with van der Waals surface area (Å²) in [5.74, 6) is 3.40. The van der Waals surface area contributed by atoms with Crippen molar-refractivity contribution in [3.8, 4) is 11.2 Å². The molecule has 1 rings (SSSR count). The molecule has 25 heavy (non-hydrogen) atoms. The highest BCUT2D eigenvalue weighted by Crippen LogP contribution is 2.68. The van der Waals surface area contributed by atoms with Crippen molar-refractivity contribution in [3.63, 3.8) is 0 Å². The molecule has 0 amide bonds.